The molecule has 0 saturated heterocycles. The van der Waals surface area contributed by atoms with E-state index in [0.717, 1.165) is 42.1 Å². The molecule has 41 heavy (non-hydrogen) atoms. The van der Waals surface area contributed by atoms with Gasteiger partial charge in [0.15, 0.2) is 17.4 Å². The molecule has 3 aromatic carbocycles. The van der Waals surface area contributed by atoms with E-state index in [1.54, 1.807) is 24.3 Å². The summed E-state index contributed by atoms with van der Waals surface area (Å²) >= 11 is 0. The number of nitrogens with one attached hydrogen (secondary N) is 1. The molecule has 0 aliphatic carbocycles. The minimum absolute atomic E-state index is 0.0894. The number of hydrogen-bond acceptors (Lipinski definition) is 7. The van der Waals surface area contributed by atoms with Crippen molar-refractivity contribution in [3.63, 3.8) is 0 Å². The summed E-state index contributed by atoms with van der Waals surface area (Å²) in [5.74, 6) is -6.29. The number of ether oxygens (including phenoxy) is 2. The Kier molecular flexibility index (Phi) is 8.71. The number of aromatic nitrogens is 1. The quantitative estimate of drug-likeness (QED) is 0.0908. The van der Waals surface area contributed by atoms with Crippen LogP contribution < -0.4 is 26.1 Å². The molecule has 0 unspecified atom stereocenters. The van der Waals surface area contributed by atoms with Crippen LogP contribution >= 0.6 is 0 Å². The second kappa shape index (κ2) is 12.4. The van der Waals surface area contributed by atoms with E-state index in [4.69, 9.17) is 15.2 Å². The maximum absolute atomic E-state index is 15.1. The molecule has 212 valence electrons. The molecule has 0 radical (unpaired) electrons. The summed E-state index contributed by atoms with van der Waals surface area (Å²) in [7, 11) is 0. The van der Waals surface area contributed by atoms with Crippen molar-refractivity contribution < 1.29 is 36.6 Å². The summed E-state index contributed by atoms with van der Waals surface area (Å²) in [5, 5.41) is 3.12. The van der Waals surface area contributed by atoms with Gasteiger partial charge >= 0.3 is 5.97 Å². The molecule has 1 aromatic heterocycles. The van der Waals surface area contributed by atoms with E-state index in [0.29, 0.717) is 29.3 Å². The van der Waals surface area contributed by atoms with Crippen LogP contribution in [0, 0.1) is 23.3 Å². The number of rotatable bonds is 10. The molecule has 4 rings (SSSR count). The van der Waals surface area contributed by atoms with Crippen molar-refractivity contribution in [2.24, 2.45) is 0 Å². The van der Waals surface area contributed by atoms with Crippen molar-refractivity contribution in [1.29, 1.82) is 0 Å². The normalized spacial score (nSPS) is 10.8. The van der Waals surface area contributed by atoms with Crippen molar-refractivity contribution >= 4 is 23.3 Å². The lowest BCUT2D eigenvalue weighted by atomic mass is 10.0. The molecule has 8 nitrogen and oxygen atoms in total. The van der Waals surface area contributed by atoms with Gasteiger partial charge < -0.3 is 20.5 Å². The number of benzene rings is 3. The van der Waals surface area contributed by atoms with Gasteiger partial charge in [-0.15, -0.1) is 0 Å². The average molecular weight is 570 g/mol. The Labute approximate surface area is 230 Å². The van der Waals surface area contributed by atoms with Crippen LogP contribution in [0.2, 0.25) is 0 Å². The Bertz CT molecular complexity index is 1650. The lowest BCUT2D eigenvalue weighted by Gasteiger charge is -2.16. The molecule has 4 aromatic rings. The molecule has 0 saturated carbocycles. The van der Waals surface area contributed by atoms with Crippen LogP contribution in [0.25, 0.3) is 5.69 Å². The van der Waals surface area contributed by atoms with E-state index < -0.39 is 63.2 Å². The summed E-state index contributed by atoms with van der Waals surface area (Å²) in [6.07, 6.45) is 0.452. The van der Waals surface area contributed by atoms with E-state index in [1.165, 1.54) is 6.92 Å². The van der Waals surface area contributed by atoms with Gasteiger partial charge in [0, 0.05) is 43.4 Å². The summed E-state index contributed by atoms with van der Waals surface area (Å²) < 4.78 is 68.4. The van der Waals surface area contributed by atoms with Gasteiger partial charge in [0.25, 0.3) is 5.56 Å². The first-order valence-corrected chi connectivity index (χ1v) is 12.2. The van der Waals surface area contributed by atoms with Gasteiger partial charge in [-0.25, -0.2) is 17.6 Å². The Hall–Kier alpha value is -5.13. The van der Waals surface area contributed by atoms with Crippen molar-refractivity contribution in [3.05, 3.63) is 111 Å². The highest BCUT2D eigenvalue weighted by molar-refractivity contribution is 6.11. The van der Waals surface area contributed by atoms with Gasteiger partial charge in [0.05, 0.1) is 17.7 Å². The van der Waals surface area contributed by atoms with E-state index in [-0.39, 0.29) is 12.4 Å². The van der Waals surface area contributed by atoms with Crippen LogP contribution in [-0.2, 0) is 4.79 Å². The van der Waals surface area contributed by atoms with E-state index >= 15 is 8.78 Å². The minimum atomic E-state index is -1.20. The highest BCUT2D eigenvalue weighted by Crippen LogP contribution is 2.27. The van der Waals surface area contributed by atoms with Crippen LogP contribution in [0.1, 0.15) is 29.3 Å². The number of carbonyl (C=O) groups excluding carboxylic acids is 2. The van der Waals surface area contributed by atoms with E-state index in [1.807, 2.05) is 0 Å². The van der Waals surface area contributed by atoms with Crippen molar-refractivity contribution in [1.82, 2.24) is 4.57 Å². The van der Waals surface area contributed by atoms with Crippen LogP contribution in [0.5, 0.6) is 11.5 Å². The summed E-state index contributed by atoms with van der Waals surface area (Å²) in [6, 6.07) is 12.5. The molecule has 12 heteroatoms. The molecule has 1 heterocycles. The molecular formula is C29H23F4N3O5. The summed E-state index contributed by atoms with van der Waals surface area (Å²) in [6.45, 7) is 1.84. The maximum atomic E-state index is 15.1. The third kappa shape index (κ3) is 6.72. The molecule has 0 fully saturated rings. The van der Waals surface area contributed by atoms with Crippen molar-refractivity contribution in [3.8, 4) is 17.2 Å². The van der Waals surface area contributed by atoms with Crippen LogP contribution in [0.3, 0.4) is 0 Å². The van der Waals surface area contributed by atoms with Gasteiger partial charge in [-0.05, 0) is 48.9 Å². The molecule has 0 spiro atoms. The fraction of sp³-hybridized carbons (Fsp3) is 0.138. The first-order valence-electron chi connectivity index (χ1n) is 12.2. The van der Waals surface area contributed by atoms with E-state index in [9.17, 15) is 23.2 Å². The SMILES string of the molecule is CC(=O)Oc1ccc(NCCCOc2cc(F)c(-n3c(N)c(C(=O)c4ccc(F)cc4F)ccc3=O)c(F)c2)cc1. The predicted molar refractivity (Wildman–Crippen MR) is 143 cm³/mol. The summed E-state index contributed by atoms with van der Waals surface area (Å²) in [4.78, 5) is 36.4. The van der Waals surface area contributed by atoms with Crippen molar-refractivity contribution in [2.75, 3.05) is 24.2 Å². The fourth-order valence-electron chi connectivity index (χ4n) is 3.94. The highest BCUT2D eigenvalue weighted by atomic mass is 19.1. The molecule has 0 aliphatic heterocycles. The fourth-order valence-corrected chi connectivity index (χ4v) is 3.94. The third-order valence-electron chi connectivity index (χ3n) is 5.80. The minimum Gasteiger partial charge on any atom is -0.493 e. The summed E-state index contributed by atoms with van der Waals surface area (Å²) in [5.41, 5.74) is 3.96. The van der Waals surface area contributed by atoms with Gasteiger partial charge in [0.1, 0.15) is 34.6 Å². The smallest absolute Gasteiger partial charge is 0.308 e. The number of halogens is 4. The lowest BCUT2D eigenvalue weighted by Crippen LogP contribution is -2.25. The molecule has 0 amide bonds. The standard InChI is InChI=1S/C29H23F4N3O5/c1-16(37)41-19-6-4-18(5-7-19)35-11-2-12-40-20-14-24(32)27(25(33)15-20)36-26(38)10-9-22(29(36)34)28(39)21-8-3-17(30)13-23(21)31/h3-10,13-15,35H,2,11-12,34H2,1H3. The number of ketones is 1. The predicted octanol–water partition coefficient (Wildman–Crippen LogP) is 5.01. The Morgan fingerprint density at radius 3 is 2.15 bits per heavy atom. The highest BCUT2D eigenvalue weighted by Gasteiger charge is 2.23. The zero-order valence-corrected chi connectivity index (χ0v) is 21.5. The Morgan fingerprint density at radius 1 is 0.854 bits per heavy atom. The van der Waals surface area contributed by atoms with Gasteiger partial charge in [-0.1, -0.05) is 0 Å². The molecule has 0 atom stereocenters. The van der Waals surface area contributed by atoms with Gasteiger partial charge in [-0.3, -0.25) is 19.0 Å². The number of esters is 1. The number of carbonyl (C=O) groups is 2. The largest absolute Gasteiger partial charge is 0.493 e. The maximum Gasteiger partial charge on any atom is 0.308 e. The topological polar surface area (TPSA) is 113 Å². The number of anilines is 2. The third-order valence-corrected chi connectivity index (χ3v) is 5.80. The second-order valence-electron chi connectivity index (χ2n) is 8.74. The zero-order chi connectivity index (χ0) is 29.7. The first-order chi connectivity index (χ1) is 19.5. The molecule has 0 bridgehead atoms. The molecule has 0 aliphatic rings. The molecular weight excluding hydrogens is 546 g/mol. The molecule has 3 N–H and O–H groups in total. The number of nitrogens with zero attached hydrogens (tertiary/aromatic N) is 1. The monoisotopic (exact) mass is 569 g/mol. The van der Waals surface area contributed by atoms with Gasteiger partial charge in [-0.2, -0.15) is 0 Å². The Morgan fingerprint density at radius 2 is 1.51 bits per heavy atom. The first kappa shape index (κ1) is 28.9. The van der Waals surface area contributed by atoms with Crippen LogP contribution in [0.15, 0.2) is 71.5 Å². The average Bonchev–Trinajstić information content (AvgIpc) is 2.90. The number of pyridine rings is 1. The number of nitrogen functional groups attached to an aromatic ring is 1. The van der Waals surface area contributed by atoms with Crippen LogP contribution in [0.4, 0.5) is 29.1 Å². The second-order valence-corrected chi connectivity index (χ2v) is 8.74. The lowest BCUT2D eigenvalue weighted by molar-refractivity contribution is -0.131. The number of nitrogens with two attached hydrogens (primary N) is 1. The zero-order valence-electron chi connectivity index (χ0n) is 21.5. The van der Waals surface area contributed by atoms with Gasteiger partial charge in [0.2, 0.25) is 0 Å². The van der Waals surface area contributed by atoms with E-state index in [2.05, 4.69) is 5.32 Å². The van der Waals surface area contributed by atoms with Crippen LogP contribution in [-0.4, -0.2) is 29.5 Å². The van der Waals surface area contributed by atoms with Crippen molar-refractivity contribution in [2.45, 2.75) is 13.3 Å². The Balaban J connectivity index is 1.45. The number of hydrogen-bond donors (Lipinski definition) is 2.